The van der Waals surface area contributed by atoms with Gasteiger partial charge in [0.05, 0.1) is 22.9 Å². The van der Waals surface area contributed by atoms with Crippen molar-refractivity contribution in [1.82, 2.24) is 9.55 Å². The van der Waals surface area contributed by atoms with Crippen molar-refractivity contribution >= 4 is 40.3 Å². The third-order valence-corrected chi connectivity index (χ3v) is 5.08. The first-order chi connectivity index (χ1) is 11.8. The predicted molar refractivity (Wildman–Crippen MR) is 93.6 cm³/mol. The van der Waals surface area contributed by atoms with E-state index in [0.717, 1.165) is 0 Å². The van der Waals surface area contributed by atoms with E-state index in [0.29, 0.717) is 28.8 Å². The van der Waals surface area contributed by atoms with Crippen LogP contribution in [0.1, 0.15) is 26.5 Å². The number of aliphatic hydroxyl groups excluding tert-OH is 1. The Morgan fingerprint density at radius 2 is 2.28 bits per heavy atom. The van der Waals surface area contributed by atoms with Crippen molar-refractivity contribution < 1.29 is 14.9 Å². The fourth-order valence-corrected chi connectivity index (χ4v) is 3.69. The van der Waals surface area contributed by atoms with Gasteiger partial charge in [0.2, 0.25) is 0 Å². The molecule has 9 heteroatoms. The summed E-state index contributed by atoms with van der Waals surface area (Å²) in [6.45, 7) is 3.40. The molecule has 25 heavy (non-hydrogen) atoms. The van der Waals surface area contributed by atoms with Crippen molar-refractivity contribution in [1.29, 1.82) is 0 Å². The molecule has 2 aliphatic rings. The third kappa shape index (κ3) is 2.29. The molecular formula is C16H17ClN4O4. The highest BCUT2D eigenvalue weighted by Gasteiger charge is 2.53. The summed E-state index contributed by atoms with van der Waals surface area (Å²) in [6.07, 6.45) is 1.23. The number of nitrogens with one attached hydrogen (secondary N) is 1. The zero-order valence-corrected chi connectivity index (χ0v) is 14.4. The smallest absolute Gasteiger partial charge is 0.273 e. The maximum Gasteiger partial charge on any atom is 0.273 e. The van der Waals surface area contributed by atoms with Gasteiger partial charge >= 0.3 is 0 Å². The number of ether oxygens (including phenoxy) is 1. The first-order valence-corrected chi connectivity index (χ1v) is 8.32. The second-order valence-corrected chi connectivity index (χ2v) is 6.86. The van der Waals surface area contributed by atoms with Crippen LogP contribution in [0.2, 0.25) is 5.02 Å². The van der Waals surface area contributed by atoms with Gasteiger partial charge in [0.1, 0.15) is 23.3 Å². The van der Waals surface area contributed by atoms with Gasteiger partial charge in [-0.25, -0.2) is 4.99 Å². The maximum atomic E-state index is 11.8. The topological polar surface area (TPSA) is 109 Å². The van der Waals surface area contributed by atoms with Crippen LogP contribution in [0.15, 0.2) is 22.1 Å². The van der Waals surface area contributed by atoms with E-state index in [-0.39, 0.29) is 5.02 Å². The third-order valence-electron chi connectivity index (χ3n) is 4.77. The highest BCUT2D eigenvalue weighted by molar-refractivity contribution is 6.36. The summed E-state index contributed by atoms with van der Waals surface area (Å²) in [7, 11) is 0. The molecule has 0 aromatic carbocycles. The first-order valence-electron chi connectivity index (χ1n) is 7.95. The highest BCUT2D eigenvalue weighted by atomic mass is 35.5. The molecule has 132 valence electrons. The molecule has 2 aromatic rings. The fraction of sp³-hybridized carbons (Fsp3) is 0.438. The lowest BCUT2D eigenvalue weighted by Crippen LogP contribution is -2.43. The average Bonchev–Trinajstić information content (AvgIpc) is 3.00. The zero-order valence-electron chi connectivity index (χ0n) is 13.6. The average molecular weight is 365 g/mol. The van der Waals surface area contributed by atoms with Crippen molar-refractivity contribution in [2.75, 3.05) is 5.32 Å². The van der Waals surface area contributed by atoms with Gasteiger partial charge < -0.3 is 24.8 Å². The second-order valence-electron chi connectivity index (χ2n) is 6.45. The Morgan fingerprint density at radius 1 is 1.52 bits per heavy atom. The Hall–Kier alpha value is -2.00. The van der Waals surface area contributed by atoms with Gasteiger partial charge in [-0.2, -0.15) is 4.98 Å². The molecular weight excluding hydrogens is 348 g/mol. The van der Waals surface area contributed by atoms with Gasteiger partial charge in [0.15, 0.2) is 6.23 Å². The number of hydrogen-bond donors (Lipinski definition) is 3. The SMILES string of the molecule is CCC1OC(n2cc3c(Cl)cc(=O)nc4c3c2N=CN4)[C@@](C)(O)[C@@H]1O. The molecule has 4 rings (SSSR count). The van der Waals surface area contributed by atoms with Crippen molar-refractivity contribution in [3.05, 3.63) is 27.6 Å². The summed E-state index contributed by atoms with van der Waals surface area (Å²) < 4.78 is 7.52. The standard InChI is InChI=1S/C16H17ClN4O4/c1-3-9-12(23)16(2,24)15(25-9)21-5-7-8(17)4-10(22)20-13-11(7)14(21)19-6-18-13/h4-6,9,12,15,23-24H,3H2,1-2H3,(H,18,19,20,22)/t9?,12-,15?,16+/m1/s1. The van der Waals surface area contributed by atoms with E-state index < -0.39 is 29.6 Å². The first kappa shape index (κ1) is 16.5. The van der Waals surface area contributed by atoms with Gasteiger partial charge in [-0.1, -0.05) is 18.5 Å². The number of aliphatic hydroxyl groups is 2. The molecule has 0 radical (unpaired) electrons. The summed E-state index contributed by atoms with van der Waals surface area (Å²) >= 11 is 6.26. The lowest BCUT2D eigenvalue weighted by Gasteiger charge is -2.28. The summed E-state index contributed by atoms with van der Waals surface area (Å²) in [6, 6.07) is 1.23. The summed E-state index contributed by atoms with van der Waals surface area (Å²) in [4.78, 5) is 20.1. The monoisotopic (exact) mass is 364 g/mol. The Kier molecular flexibility index (Phi) is 3.62. The number of aromatic nitrogens is 2. The molecule has 2 aliphatic heterocycles. The van der Waals surface area contributed by atoms with Crippen LogP contribution in [0.5, 0.6) is 0 Å². The molecule has 1 fully saturated rings. The van der Waals surface area contributed by atoms with Crippen LogP contribution in [-0.2, 0) is 4.74 Å². The minimum atomic E-state index is -1.52. The minimum Gasteiger partial charge on any atom is -0.387 e. The normalized spacial score (nSPS) is 30.7. The van der Waals surface area contributed by atoms with E-state index in [4.69, 9.17) is 16.3 Å². The van der Waals surface area contributed by atoms with Crippen LogP contribution in [0, 0.1) is 0 Å². The molecule has 0 bridgehead atoms. The molecule has 1 saturated heterocycles. The lowest BCUT2D eigenvalue weighted by atomic mass is 9.95. The number of halogens is 1. The van der Waals surface area contributed by atoms with Crippen LogP contribution < -0.4 is 10.9 Å². The van der Waals surface area contributed by atoms with Crippen LogP contribution in [-0.4, -0.2) is 43.9 Å². The number of nitrogens with zero attached hydrogens (tertiary/aromatic N) is 3. The summed E-state index contributed by atoms with van der Waals surface area (Å²) in [5.74, 6) is 0.781. The molecule has 3 N–H and O–H groups in total. The number of rotatable bonds is 2. The summed E-state index contributed by atoms with van der Waals surface area (Å²) in [5, 5.41) is 25.4. The maximum absolute atomic E-state index is 11.8. The Balaban J connectivity index is 1.98. The molecule has 0 saturated carbocycles. The second kappa shape index (κ2) is 5.50. The fourth-order valence-electron chi connectivity index (χ4n) is 3.45. The van der Waals surface area contributed by atoms with Crippen LogP contribution >= 0.6 is 11.6 Å². The largest absolute Gasteiger partial charge is 0.387 e. The Bertz CT molecular complexity index is 955. The quantitative estimate of drug-likeness (QED) is 0.746. The van der Waals surface area contributed by atoms with E-state index in [1.165, 1.54) is 19.3 Å². The van der Waals surface area contributed by atoms with E-state index in [1.54, 1.807) is 10.8 Å². The van der Waals surface area contributed by atoms with E-state index in [1.807, 2.05) is 6.92 Å². The molecule has 2 unspecified atom stereocenters. The van der Waals surface area contributed by atoms with E-state index in [9.17, 15) is 15.0 Å². The molecule has 4 heterocycles. The summed E-state index contributed by atoms with van der Waals surface area (Å²) in [5.41, 5.74) is -1.99. The molecule has 2 aromatic heterocycles. The lowest BCUT2D eigenvalue weighted by molar-refractivity contribution is -0.0944. The van der Waals surface area contributed by atoms with Crippen molar-refractivity contribution in [3.63, 3.8) is 0 Å². The van der Waals surface area contributed by atoms with Gasteiger partial charge in [-0.05, 0) is 13.3 Å². The Morgan fingerprint density at radius 3 is 2.96 bits per heavy atom. The molecule has 0 aliphatic carbocycles. The molecule has 0 amide bonds. The molecule has 4 atom stereocenters. The highest BCUT2D eigenvalue weighted by Crippen LogP contribution is 2.45. The number of aliphatic imine (C=N–C) groups is 1. The van der Waals surface area contributed by atoms with Crippen LogP contribution in [0.25, 0.3) is 10.8 Å². The van der Waals surface area contributed by atoms with Crippen molar-refractivity contribution in [2.24, 2.45) is 4.99 Å². The zero-order chi connectivity index (χ0) is 17.9. The van der Waals surface area contributed by atoms with E-state index in [2.05, 4.69) is 15.3 Å². The van der Waals surface area contributed by atoms with Crippen molar-refractivity contribution in [3.8, 4) is 0 Å². The van der Waals surface area contributed by atoms with E-state index >= 15 is 0 Å². The minimum absolute atomic E-state index is 0.225. The number of anilines is 1. The number of hydrogen-bond acceptors (Lipinski definition) is 7. The van der Waals surface area contributed by atoms with Gasteiger partial charge in [0, 0.05) is 17.6 Å². The van der Waals surface area contributed by atoms with Gasteiger partial charge in [0.25, 0.3) is 5.56 Å². The van der Waals surface area contributed by atoms with Gasteiger partial charge in [-0.15, -0.1) is 0 Å². The predicted octanol–water partition coefficient (Wildman–Crippen LogP) is 1.55. The molecule has 0 spiro atoms. The van der Waals surface area contributed by atoms with Crippen molar-refractivity contribution in [2.45, 2.75) is 44.3 Å². The molecule has 8 nitrogen and oxygen atoms in total. The van der Waals surface area contributed by atoms with Crippen LogP contribution in [0.3, 0.4) is 0 Å². The van der Waals surface area contributed by atoms with Crippen LogP contribution in [0.4, 0.5) is 11.6 Å². The Labute approximate surface area is 147 Å². The van der Waals surface area contributed by atoms with Gasteiger partial charge in [-0.3, -0.25) is 4.79 Å².